The summed E-state index contributed by atoms with van der Waals surface area (Å²) in [5.41, 5.74) is 2.32. The van der Waals surface area contributed by atoms with Crippen LogP contribution in [0.2, 0.25) is 0 Å². The molecule has 0 bridgehead atoms. The van der Waals surface area contributed by atoms with E-state index in [2.05, 4.69) is 31.6 Å². The molecule has 0 radical (unpaired) electrons. The van der Waals surface area contributed by atoms with Crippen LogP contribution in [0.15, 0.2) is 45.9 Å². The molecule has 1 saturated carbocycles. The lowest BCUT2D eigenvalue weighted by Gasteiger charge is -2.18. The largest absolute Gasteiger partial charge is 0.508 e. The van der Waals surface area contributed by atoms with Crippen molar-refractivity contribution in [3.63, 3.8) is 0 Å². The van der Waals surface area contributed by atoms with Crippen molar-refractivity contribution in [3.8, 4) is 5.75 Å². The van der Waals surface area contributed by atoms with Crippen LogP contribution in [0.4, 0.5) is 10.1 Å². The van der Waals surface area contributed by atoms with Crippen molar-refractivity contribution in [1.29, 1.82) is 0 Å². The molecular weight excluding hydrogens is 397 g/mol. The molecule has 2 aromatic carbocycles. The fraction of sp³-hybridized carbons (Fsp3) is 0.350. The van der Waals surface area contributed by atoms with Crippen LogP contribution >= 0.6 is 15.9 Å². The Kier molecular flexibility index (Phi) is 6.14. The van der Waals surface area contributed by atoms with Gasteiger partial charge in [-0.3, -0.25) is 0 Å². The maximum atomic E-state index is 14.0. The molecular formula is C20H23BrFN3O. The molecule has 0 heterocycles. The second-order valence-corrected chi connectivity index (χ2v) is 7.57. The summed E-state index contributed by atoms with van der Waals surface area (Å²) in [5.74, 6) is 0.592. The monoisotopic (exact) mass is 419 g/mol. The molecule has 0 spiro atoms. The summed E-state index contributed by atoms with van der Waals surface area (Å²) >= 11 is 3.37. The zero-order valence-electron chi connectivity index (χ0n) is 14.7. The lowest BCUT2D eigenvalue weighted by Crippen LogP contribution is -2.38. The maximum absolute atomic E-state index is 14.0. The average Bonchev–Trinajstić information content (AvgIpc) is 3.11. The smallest absolute Gasteiger partial charge is 0.196 e. The van der Waals surface area contributed by atoms with Gasteiger partial charge < -0.3 is 15.7 Å². The number of phenolic OH excluding ortho intramolecular Hbond substituents is 1. The van der Waals surface area contributed by atoms with Crippen molar-refractivity contribution in [2.45, 2.75) is 45.2 Å². The summed E-state index contributed by atoms with van der Waals surface area (Å²) in [5, 5.41) is 16.3. The summed E-state index contributed by atoms with van der Waals surface area (Å²) in [6, 6.07) is 10.4. The number of nitrogens with one attached hydrogen (secondary N) is 2. The molecule has 3 N–H and O–H groups in total. The van der Waals surface area contributed by atoms with Crippen molar-refractivity contribution in [2.24, 2.45) is 4.99 Å². The Morgan fingerprint density at radius 2 is 2.00 bits per heavy atom. The van der Waals surface area contributed by atoms with Crippen LogP contribution in [-0.2, 0) is 6.54 Å². The minimum Gasteiger partial charge on any atom is -0.508 e. The topological polar surface area (TPSA) is 56.6 Å². The first-order valence-electron chi connectivity index (χ1n) is 8.83. The standard InChI is InChI=1S/C20H23BrFN3O/c1-13-10-17(26)7-9-19(13)25-20(24-16-4-2-3-5-16)23-12-14-11-15(21)6-8-18(14)22/h6-11,16,26H,2-5,12H2,1H3,(H2,23,24,25). The fourth-order valence-electron chi connectivity index (χ4n) is 3.13. The number of hydrogen-bond donors (Lipinski definition) is 3. The Labute approximate surface area is 161 Å². The van der Waals surface area contributed by atoms with E-state index in [0.29, 0.717) is 17.6 Å². The van der Waals surface area contributed by atoms with E-state index < -0.39 is 0 Å². The summed E-state index contributed by atoms with van der Waals surface area (Å²) in [7, 11) is 0. The average molecular weight is 420 g/mol. The van der Waals surface area contributed by atoms with Gasteiger partial charge in [-0.05, 0) is 61.7 Å². The van der Waals surface area contributed by atoms with Gasteiger partial charge >= 0.3 is 0 Å². The van der Waals surface area contributed by atoms with E-state index in [4.69, 9.17) is 0 Å². The van der Waals surface area contributed by atoms with E-state index in [-0.39, 0.29) is 18.1 Å². The minimum absolute atomic E-state index is 0.228. The quantitative estimate of drug-likeness (QED) is 0.366. The number of nitrogens with zero attached hydrogens (tertiary/aromatic N) is 1. The van der Waals surface area contributed by atoms with Gasteiger partial charge in [0.25, 0.3) is 0 Å². The Morgan fingerprint density at radius 1 is 1.23 bits per heavy atom. The third-order valence-electron chi connectivity index (χ3n) is 4.57. The number of hydrogen-bond acceptors (Lipinski definition) is 2. The molecule has 2 aromatic rings. The van der Waals surface area contributed by atoms with Gasteiger partial charge in [-0.2, -0.15) is 0 Å². The molecule has 26 heavy (non-hydrogen) atoms. The van der Waals surface area contributed by atoms with Crippen LogP contribution in [0.1, 0.15) is 36.8 Å². The molecule has 1 aliphatic rings. The van der Waals surface area contributed by atoms with Crippen LogP contribution in [0.25, 0.3) is 0 Å². The van der Waals surface area contributed by atoms with E-state index in [1.807, 2.05) is 13.0 Å². The lowest BCUT2D eigenvalue weighted by molar-refractivity contribution is 0.475. The number of aryl methyl sites for hydroxylation is 1. The van der Waals surface area contributed by atoms with Gasteiger partial charge in [-0.1, -0.05) is 28.8 Å². The van der Waals surface area contributed by atoms with Crippen molar-refractivity contribution >= 4 is 27.6 Å². The van der Waals surface area contributed by atoms with E-state index in [1.54, 1.807) is 24.3 Å². The zero-order chi connectivity index (χ0) is 18.5. The van der Waals surface area contributed by atoms with Gasteiger partial charge in [0, 0.05) is 21.8 Å². The predicted molar refractivity (Wildman–Crippen MR) is 107 cm³/mol. The van der Waals surface area contributed by atoms with Crippen LogP contribution in [-0.4, -0.2) is 17.1 Å². The molecule has 0 aromatic heterocycles. The van der Waals surface area contributed by atoms with Crippen molar-refractivity contribution < 1.29 is 9.50 Å². The minimum atomic E-state index is -0.266. The molecule has 3 rings (SSSR count). The Bertz CT molecular complexity index is 804. The number of anilines is 1. The second-order valence-electron chi connectivity index (χ2n) is 6.65. The maximum Gasteiger partial charge on any atom is 0.196 e. The molecule has 138 valence electrons. The number of guanidine groups is 1. The number of halogens is 2. The highest BCUT2D eigenvalue weighted by Crippen LogP contribution is 2.22. The SMILES string of the molecule is Cc1cc(O)ccc1NC(=NCc1cc(Br)ccc1F)NC1CCCC1. The van der Waals surface area contributed by atoms with Crippen molar-refractivity contribution in [2.75, 3.05) is 5.32 Å². The highest BCUT2D eigenvalue weighted by molar-refractivity contribution is 9.10. The van der Waals surface area contributed by atoms with Crippen LogP contribution in [0, 0.1) is 12.7 Å². The summed E-state index contributed by atoms with van der Waals surface area (Å²) in [6.45, 7) is 2.16. The first-order chi connectivity index (χ1) is 12.5. The van der Waals surface area contributed by atoms with E-state index in [9.17, 15) is 9.50 Å². The molecule has 0 saturated heterocycles. The van der Waals surface area contributed by atoms with Gasteiger partial charge in [0.1, 0.15) is 11.6 Å². The van der Waals surface area contributed by atoms with E-state index in [0.717, 1.165) is 28.6 Å². The first-order valence-corrected chi connectivity index (χ1v) is 9.62. The number of benzene rings is 2. The third-order valence-corrected chi connectivity index (χ3v) is 5.07. The van der Waals surface area contributed by atoms with Crippen LogP contribution < -0.4 is 10.6 Å². The molecule has 0 aliphatic heterocycles. The highest BCUT2D eigenvalue weighted by Gasteiger charge is 2.17. The molecule has 0 unspecified atom stereocenters. The Hall–Kier alpha value is -2.08. The zero-order valence-corrected chi connectivity index (χ0v) is 16.3. The molecule has 1 fully saturated rings. The lowest BCUT2D eigenvalue weighted by atomic mass is 10.2. The number of phenols is 1. The predicted octanol–water partition coefficient (Wildman–Crippen LogP) is 5.10. The summed E-state index contributed by atoms with van der Waals surface area (Å²) in [4.78, 5) is 4.59. The number of rotatable bonds is 4. The van der Waals surface area contributed by atoms with Crippen LogP contribution in [0.3, 0.4) is 0 Å². The second kappa shape index (κ2) is 8.54. The van der Waals surface area contributed by atoms with Crippen molar-refractivity contribution in [3.05, 3.63) is 57.8 Å². The van der Waals surface area contributed by atoms with Gasteiger partial charge in [0.2, 0.25) is 0 Å². The van der Waals surface area contributed by atoms with E-state index in [1.165, 1.54) is 18.9 Å². The summed E-state index contributed by atoms with van der Waals surface area (Å²) < 4.78 is 14.8. The Balaban J connectivity index is 1.80. The summed E-state index contributed by atoms with van der Waals surface area (Å²) in [6.07, 6.45) is 4.65. The molecule has 6 heteroatoms. The van der Waals surface area contributed by atoms with Crippen LogP contribution in [0.5, 0.6) is 5.75 Å². The van der Waals surface area contributed by atoms with Gasteiger partial charge in [0.15, 0.2) is 5.96 Å². The van der Waals surface area contributed by atoms with Gasteiger partial charge in [-0.15, -0.1) is 0 Å². The van der Waals surface area contributed by atoms with E-state index >= 15 is 0 Å². The third kappa shape index (κ3) is 4.97. The number of aliphatic imine (C=N–C) groups is 1. The van der Waals surface area contributed by atoms with Gasteiger partial charge in [0.05, 0.1) is 6.54 Å². The normalized spacial score (nSPS) is 15.3. The fourth-order valence-corrected chi connectivity index (χ4v) is 3.54. The first kappa shape index (κ1) is 18.7. The molecule has 1 aliphatic carbocycles. The van der Waals surface area contributed by atoms with Gasteiger partial charge in [-0.25, -0.2) is 9.38 Å². The Morgan fingerprint density at radius 3 is 2.73 bits per heavy atom. The number of aromatic hydroxyl groups is 1. The van der Waals surface area contributed by atoms with Crippen molar-refractivity contribution in [1.82, 2.24) is 5.32 Å². The highest BCUT2D eigenvalue weighted by atomic mass is 79.9. The molecule has 0 amide bonds. The molecule has 4 nitrogen and oxygen atoms in total. The molecule has 0 atom stereocenters.